The van der Waals surface area contributed by atoms with E-state index in [1.54, 1.807) is 7.11 Å². The molecule has 3 nitrogen and oxygen atoms in total. The van der Waals surface area contributed by atoms with Crippen LogP contribution in [-0.2, 0) is 14.9 Å². The summed E-state index contributed by atoms with van der Waals surface area (Å²) in [5.41, 5.74) is 0.868. The lowest BCUT2D eigenvalue weighted by atomic mass is 9.81. The van der Waals surface area contributed by atoms with Crippen molar-refractivity contribution in [3.8, 4) is 5.75 Å². The van der Waals surface area contributed by atoms with E-state index in [0.717, 1.165) is 14.9 Å². The molecule has 1 aromatic rings. The molecule has 17 heavy (non-hydrogen) atoms. The number of ether oxygens (including phenoxy) is 2. The maximum Gasteiger partial charge on any atom is 0.306 e. The van der Waals surface area contributed by atoms with Gasteiger partial charge in [0.15, 0.2) is 0 Å². The van der Waals surface area contributed by atoms with Crippen LogP contribution in [0.15, 0.2) is 18.2 Å². The zero-order valence-electron chi connectivity index (χ0n) is 10.5. The Morgan fingerprint density at radius 3 is 2.47 bits per heavy atom. The maximum atomic E-state index is 11.4. The van der Waals surface area contributed by atoms with E-state index in [4.69, 9.17) is 9.47 Å². The zero-order chi connectivity index (χ0) is 13.1. The first kappa shape index (κ1) is 14.3. The number of benzene rings is 1. The molecular weight excluding hydrogens is 331 g/mol. The van der Waals surface area contributed by atoms with E-state index in [1.807, 2.05) is 32.0 Å². The van der Waals surface area contributed by atoms with E-state index in [9.17, 15) is 4.79 Å². The van der Waals surface area contributed by atoms with Gasteiger partial charge in [-0.25, -0.2) is 0 Å². The highest BCUT2D eigenvalue weighted by Crippen LogP contribution is 2.31. The largest absolute Gasteiger partial charge is 0.496 e. The normalized spacial score (nSPS) is 11.1. The van der Waals surface area contributed by atoms with Crippen LogP contribution in [0, 0.1) is 3.57 Å². The SMILES string of the molecule is COC(=O)CC(C)(C)c1ccc(OC)c(I)c1. The van der Waals surface area contributed by atoms with Crippen LogP contribution in [0.3, 0.4) is 0 Å². The summed E-state index contributed by atoms with van der Waals surface area (Å²) in [5, 5.41) is 0. The molecule has 0 atom stereocenters. The standard InChI is InChI=1S/C13H17IO3/c1-13(2,8-12(15)17-4)9-5-6-11(16-3)10(14)7-9/h5-7H,8H2,1-4H3. The van der Waals surface area contributed by atoms with E-state index >= 15 is 0 Å². The van der Waals surface area contributed by atoms with Crippen molar-refractivity contribution in [1.29, 1.82) is 0 Å². The van der Waals surface area contributed by atoms with Crippen LogP contribution < -0.4 is 4.74 Å². The van der Waals surface area contributed by atoms with Crippen molar-refractivity contribution in [2.75, 3.05) is 14.2 Å². The Labute approximate surface area is 116 Å². The van der Waals surface area contributed by atoms with Gasteiger partial charge in [0, 0.05) is 5.41 Å². The lowest BCUT2D eigenvalue weighted by Gasteiger charge is -2.24. The average Bonchev–Trinajstić information content (AvgIpc) is 2.28. The van der Waals surface area contributed by atoms with E-state index in [-0.39, 0.29) is 11.4 Å². The van der Waals surface area contributed by atoms with Gasteiger partial charge in [0.25, 0.3) is 0 Å². The van der Waals surface area contributed by atoms with Crippen LogP contribution in [0.1, 0.15) is 25.8 Å². The third-order valence-corrected chi connectivity index (χ3v) is 3.59. The number of hydrogen-bond acceptors (Lipinski definition) is 3. The third-order valence-electron chi connectivity index (χ3n) is 2.75. The second-order valence-corrected chi connectivity index (χ2v) is 5.65. The minimum Gasteiger partial charge on any atom is -0.496 e. The fraction of sp³-hybridized carbons (Fsp3) is 0.462. The average molecular weight is 348 g/mol. The Balaban J connectivity index is 2.98. The molecule has 0 amide bonds. The number of carbonyl (C=O) groups is 1. The summed E-state index contributed by atoms with van der Waals surface area (Å²) in [4.78, 5) is 11.4. The number of hydrogen-bond donors (Lipinski definition) is 0. The van der Waals surface area contributed by atoms with Gasteiger partial charge < -0.3 is 9.47 Å². The first-order chi connectivity index (χ1) is 7.90. The van der Waals surface area contributed by atoms with Gasteiger partial charge in [-0.1, -0.05) is 19.9 Å². The Hall–Kier alpha value is -0.780. The molecule has 0 aliphatic heterocycles. The van der Waals surface area contributed by atoms with E-state index < -0.39 is 0 Å². The van der Waals surface area contributed by atoms with Crippen LogP contribution in [-0.4, -0.2) is 20.2 Å². The van der Waals surface area contributed by atoms with Crippen LogP contribution in [0.2, 0.25) is 0 Å². The molecule has 0 unspecified atom stereocenters. The maximum absolute atomic E-state index is 11.4. The highest BCUT2D eigenvalue weighted by atomic mass is 127. The number of rotatable bonds is 4. The van der Waals surface area contributed by atoms with Crippen LogP contribution in [0.25, 0.3) is 0 Å². The lowest BCUT2D eigenvalue weighted by Crippen LogP contribution is -2.22. The Bertz CT molecular complexity index is 413. The summed E-state index contributed by atoms with van der Waals surface area (Å²) in [6, 6.07) is 5.96. The third kappa shape index (κ3) is 3.59. The topological polar surface area (TPSA) is 35.5 Å². The predicted octanol–water partition coefficient (Wildman–Crippen LogP) is 3.14. The first-order valence-electron chi connectivity index (χ1n) is 5.31. The first-order valence-corrected chi connectivity index (χ1v) is 6.39. The Morgan fingerprint density at radius 2 is 2.00 bits per heavy atom. The fourth-order valence-corrected chi connectivity index (χ4v) is 2.36. The van der Waals surface area contributed by atoms with Crippen LogP contribution >= 0.6 is 22.6 Å². The quantitative estimate of drug-likeness (QED) is 0.620. The number of carbonyl (C=O) groups excluding carboxylic acids is 1. The highest BCUT2D eigenvalue weighted by Gasteiger charge is 2.25. The predicted molar refractivity (Wildman–Crippen MR) is 75.4 cm³/mol. The molecule has 0 aliphatic rings. The molecule has 0 heterocycles. The van der Waals surface area contributed by atoms with Gasteiger partial charge in [0.1, 0.15) is 5.75 Å². The van der Waals surface area contributed by atoms with Gasteiger partial charge in [-0.3, -0.25) is 4.79 Å². The Morgan fingerprint density at radius 1 is 1.35 bits per heavy atom. The van der Waals surface area contributed by atoms with E-state index in [0.29, 0.717) is 6.42 Å². The van der Waals surface area contributed by atoms with Crippen molar-refractivity contribution >= 4 is 28.6 Å². The number of methoxy groups -OCH3 is 2. The number of esters is 1. The van der Waals surface area contributed by atoms with Crippen molar-refractivity contribution in [2.45, 2.75) is 25.7 Å². The second kappa shape index (κ2) is 5.71. The van der Waals surface area contributed by atoms with Gasteiger partial charge in [0.2, 0.25) is 0 Å². The molecule has 1 rings (SSSR count). The molecular formula is C13H17IO3. The van der Waals surface area contributed by atoms with Crippen molar-refractivity contribution in [3.63, 3.8) is 0 Å². The monoisotopic (exact) mass is 348 g/mol. The molecule has 1 aromatic carbocycles. The van der Waals surface area contributed by atoms with Crippen LogP contribution in [0.4, 0.5) is 0 Å². The fourth-order valence-electron chi connectivity index (χ4n) is 1.62. The summed E-state index contributed by atoms with van der Waals surface area (Å²) >= 11 is 2.23. The zero-order valence-corrected chi connectivity index (χ0v) is 12.7. The molecule has 0 N–H and O–H groups in total. The molecule has 0 aliphatic carbocycles. The molecule has 0 radical (unpaired) electrons. The van der Waals surface area contributed by atoms with Crippen LogP contribution in [0.5, 0.6) is 5.75 Å². The minimum atomic E-state index is -0.237. The molecule has 0 spiro atoms. The van der Waals surface area contributed by atoms with Gasteiger partial charge in [-0.05, 0) is 40.3 Å². The van der Waals surface area contributed by atoms with E-state index in [1.165, 1.54) is 7.11 Å². The Kier molecular flexibility index (Phi) is 4.80. The van der Waals surface area contributed by atoms with Gasteiger partial charge in [-0.15, -0.1) is 0 Å². The lowest BCUT2D eigenvalue weighted by molar-refractivity contribution is -0.141. The molecule has 0 aromatic heterocycles. The van der Waals surface area contributed by atoms with Gasteiger partial charge >= 0.3 is 5.97 Å². The molecule has 94 valence electrons. The molecule has 0 bridgehead atoms. The second-order valence-electron chi connectivity index (χ2n) is 4.49. The van der Waals surface area contributed by atoms with Gasteiger partial charge in [0.05, 0.1) is 24.2 Å². The molecule has 0 fully saturated rings. The molecule has 0 saturated carbocycles. The van der Waals surface area contributed by atoms with Crippen molar-refractivity contribution in [2.24, 2.45) is 0 Å². The minimum absolute atomic E-state index is 0.194. The van der Waals surface area contributed by atoms with Crippen molar-refractivity contribution < 1.29 is 14.3 Å². The van der Waals surface area contributed by atoms with Crippen molar-refractivity contribution in [1.82, 2.24) is 0 Å². The number of halogens is 1. The molecule has 0 saturated heterocycles. The summed E-state index contributed by atoms with van der Waals surface area (Å²) in [6.45, 7) is 4.06. The smallest absolute Gasteiger partial charge is 0.306 e. The summed E-state index contributed by atoms with van der Waals surface area (Å²) in [7, 11) is 3.06. The summed E-state index contributed by atoms with van der Waals surface area (Å²) < 4.78 is 11.0. The summed E-state index contributed by atoms with van der Waals surface area (Å²) in [6.07, 6.45) is 0.367. The van der Waals surface area contributed by atoms with E-state index in [2.05, 4.69) is 22.6 Å². The van der Waals surface area contributed by atoms with Crippen molar-refractivity contribution in [3.05, 3.63) is 27.3 Å². The summed E-state index contributed by atoms with van der Waals surface area (Å²) in [5.74, 6) is 0.657. The highest BCUT2D eigenvalue weighted by molar-refractivity contribution is 14.1. The molecule has 4 heteroatoms. The van der Waals surface area contributed by atoms with Gasteiger partial charge in [-0.2, -0.15) is 0 Å².